The maximum absolute atomic E-state index is 13.7. The zero-order chi connectivity index (χ0) is 34.3. The van der Waals surface area contributed by atoms with Crippen molar-refractivity contribution in [3.8, 4) is 0 Å². The highest BCUT2D eigenvalue weighted by Crippen LogP contribution is 2.44. The molecule has 0 amide bonds. The molecule has 3 aromatic carbocycles. The molecule has 0 aromatic heterocycles. The summed E-state index contributed by atoms with van der Waals surface area (Å²) >= 11 is 0. The molecule has 0 aliphatic carbocycles. The molecule has 2 aliphatic rings. The van der Waals surface area contributed by atoms with Crippen LogP contribution in [0.1, 0.15) is 46.1 Å². The van der Waals surface area contributed by atoms with Gasteiger partial charge in [-0.1, -0.05) is 45.9 Å². The highest BCUT2D eigenvalue weighted by molar-refractivity contribution is 7.89. The van der Waals surface area contributed by atoms with Crippen molar-refractivity contribution in [1.82, 2.24) is 8.61 Å². The van der Waals surface area contributed by atoms with Gasteiger partial charge in [0.1, 0.15) is 5.69 Å². The van der Waals surface area contributed by atoms with E-state index in [0.29, 0.717) is 42.5 Å². The van der Waals surface area contributed by atoms with Gasteiger partial charge in [0.2, 0.25) is 20.0 Å². The fourth-order valence-electron chi connectivity index (χ4n) is 6.97. The third kappa shape index (κ3) is 8.03. The van der Waals surface area contributed by atoms with Gasteiger partial charge in [-0.2, -0.15) is 4.31 Å². The Labute approximate surface area is 274 Å². The van der Waals surface area contributed by atoms with Crippen LogP contribution >= 0.6 is 7.82 Å². The smallest absolute Gasteiger partial charge is 0.303 e. The zero-order valence-corrected chi connectivity index (χ0v) is 29.2. The van der Waals surface area contributed by atoms with Crippen LogP contribution in [0.2, 0.25) is 0 Å². The van der Waals surface area contributed by atoms with Crippen molar-refractivity contribution in [3.05, 3.63) is 46.9 Å². The quantitative estimate of drug-likeness (QED) is 0.0586. The van der Waals surface area contributed by atoms with E-state index in [4.69, 9.17) is 14.6 Å². The third-order valence-corrected chi connectivity index (χ3v) is 12.8. The first-order chi connectivity index (χ1) is 22.0. The number of nitrogens with zero attached hydrogens (tertiary/aromatic N) is 3. The molecule has 0 bridgehead atoms. The molecule has 0 saturated carbocycles. The number of phosphoric acid groups is 1. The van der Waals surface area contributed by atoms with Crippen LogP contribution in [0.15, 0.2) is 46.5 Å². The minimum absolute atomic E-state index is 0.0278. The van der Waals surface area contributed by atoms with E-state index in [1.807, 2.05) is 27.7 Å². The molecule has 2 heterocycles. The van der Waals surface area contributed by atoms with Gasteiger partial charge in [-0.25, -0.2) is 30.5 Å². The number of nitroso groups, excluding NO2 is 1. The number of rotatable bonds is 11. The lowest BCUT2D eigenvalue weighted by molar-refractivity contribution is 0.0274. The number of hydrogen-bond acceptors (Lipinski definition) is 10. The Kier molecular flexibility index (Phi) is 10.5. The summed E-state index contributed by atoms with van der Waals surface area (Å²) in [5, 5.41) is 4.37. The van der Waals surface area contributed by atoms with E-state index >= 15 is 0 Å². The maximum atomic E-state index is 13.7. The topological polar surface area (TPSA) is 192 Å². The van der Waals surface area contributed by atoms with E-state index in [-0.39, 0.29) is 56.5 Å². The highest BCUT2D eigenvalue weighted by atomic mass is 32.2. The van der Waals surface area contributed by atoms with Crippen LogP contribution in [-0.2, 0) is 39.7 Å². The first-order valence-electron chi connectivity index (χ1n) is 15.4. The normalized spacial score (nSPS) is 23.7. The Balaban J connectivity index is 1.61. The Morgan fingerprint density at radius 1 is 0.830 bits per heavy atom. The van der Waals surface area contributed by atoms with E-state index < -0.39 is 34.7 Å². The van der Waals surface area contributed by atoms with Crippen LogP contribution in [0.5, 0.6) is 0 Å². The molecule has 17 heteroatoms. The average Bonchev–Trinajstić information content (AvgIpc) is 2.97. The predicted octanol–water partition coefficient (Wildman–Crippen LogP) is 5.28. The second kappa shape index (κ2) is 13.8. The van der Waals surface area contributed by atoms with Crippen molar-refractivity contribution < 1.29 is 40.5 Å². The van der Waals surface area contributed by atoms with Crippen molar-refractivity contribution in [2.75, 3.05) is 38.5 Å². The second-order valence-electron chi connectivity index (χ2n) is 13.2. The Morgan fingerprint density at radius 2 is 1.40 bits per heavy atom. The molecule has 258 valence electrons. The molecular weight excluding hydrogens is 671 g/mol. The van der Waals surface area contributed by atoms with Crippen LogP contribution in [0.4, 0.5) is 11.4 Å². The fraction of sp³-hybridized carbons (Fsp3) is 0.533. The lowest BCUT2D eigenvalue weighted by atomic mass is 9.94. The van der Waals surface area contributed by atoms with Gasteiger partial charge in [0.25, 0.3) is 0 Å². The number of hydrogen-bond donors (Lipinski definition) is 3. The van der Waals surface area contributed by atoms with E-state index in [2.05, 4.69) is 15.2 Å². The monoisotopic (exact) mass is 712 g/mol. The molecule has 0 radical (unpaired) electrons. The predicted molar refractivity (Wildman–Crippen MR) is 178 cm³/mol. The van der Waals surface area contributed by atoms with E-state index in [9.17, 15) is 26.3 Å². The van der Waals surface area contributed by atoms with Crippen molar-refractivity contribution >= 4 is 60.8 Å². The number of anilines is 1. The Hall–Kier alpha value is -2.53. The number of fused-ring (bicyclic) bond motifs is 2. The standard InChI is InChI=1S/C30H41N4O10PS2/c1-19-9-20(2)14-33(13-19)46(39,40)17-23-5-7-25-27(11-23)30(32-43-18-44-45(36,37)38)26-8-6-24(12-28(26)29(25)31-35)47(41,42)34-15-21(3)10-22(4)16-34/h5-8,11-12,19-22,32H,9-10,13-18H2,1-4H3,(H2,36,37,38). The van der Waals surface area contributed by atoms with Crippen LogP contribution in [0, 0.1) is 28.6 Å². The van der Waals surface area contributed by atoms with Crippen LogP contribution in [0.3, 0.4) is 0 Å². The fourth-order valence-corrected chi connectivity index (χ4v) is 10.6. The lowest BCUT2D eigenvalue weighted by Crippen LogP contribution is -2.43. The molecule has 5 rings (SSSR count). The van der Waals surface area contributed by atoms with Gasteiger partial charge in [-0.05, 0) is 65.5 Å². The van der Waals surface area contributed by atoms with E-state index in [1.165, 1.54) is 26.8 Å². The number of piperidine rings is 2. The summed E-state index contributed by atoms with van der Waals surface area (Å²) in [6, 6.07) is 8.97. The molecule has 47 heavy (non-hydrogen) atoms. The van der Waals surface area contributed by atoms with Crippen molar-refractivity contribution in [2.45, 2.75) is 51.2 Å². The summed E-state index contributed by atoms with van der Waals surface area (Å²) in [5.41, 5.74) is 3.18. The zero-order valence-electron chi connectivity index (χ0n) is 26.7. The summed E-state index contributed by atoms with van der Waals surface area (Å²) in [6.45, 7) is 8.75. The molecule has 2 aliphatic heterocycles. The number of benzene rings is 3. The average molecular weight is 713 g/mol. The minimum Gasteiger partial charge on any atom is -0.303 e. The summed E-state index contributed by atoms with van der Waals surface area (Å²) < 4.78 is 73.0. The van der Waals surface area contributed by atoms with Crippen LogP contribution in [-0.4, -0.2) is 68.2 Å². The third-order valence-electron chi connectivity index (χ3n) is 8.72. The summed E-state index contributed by atoms with van der Waals surface area (Å²) in [7, 11) is -12.5. The van der Waals surface area contributed by atoms with Crippen molar-refractivity contribution in [3.63, 3.8) is 0 Å². The van der Waals surface area contributed by atoms with Crippen molar-refractivity contribution in [2.24, 2.45) is 28.8 Å². The first kappa shape index (κ1) is 35.8. The summed E-state index contributed by atoms with van der Waals surface area (Å²) in [4.78, 5) is 35.7. The maximum Gasteiger partial charge on any atom is 0.471 e. The first-order valence-corrected chi connectivity index (χ1v) is 20.0. The SMILES string of the molecule is CC1CC(C)CN(S(=O)(=O)Cc2ccc3c(N=O)c4cc(S(=O)(=O)N5CC(C)CC(C)C5)ccc4c(NOCOP(=O)(O)O)c3c2)C1. The van der Waals surface area contributed by atoms with Crippen LogP contribution in [0.25, 0.3) is 21.5 Å². The molecule has 3 N–H and O–H groups in total. The lowest BCUT2D eigenvalue weighted by Gasteiger charge is -2.34. The van der Waals surface area contributed by atoms with E-state index in [0.717, 1.165) is 12.8 Å². The summed E-state index contributed by atoms with van der Waals surface area (Å²) in [5.74, 6) is 0.477. The molecular formula is C30H41N4O10PS2. The van der Waals surface area contributed by atoms with Crippen molar-refractivity contribution in [1.29, 1.82) is 0 Å². The van der Waals surface area contributed by atoms with Gasteiger partial charge in [0.05, 0.1) is 16.3 Å². The van der Waals surface area contributed by atoms with Crippen LogP contribution < -0.4 is 5.48 Å². The second-order valence-corrected chi connectivity index (χ2v) is 18.3. The highest BCUT2D eigenvalue weighted by Gasteiger charge is 2.33. The Bertz CT molecular complexity index is 1920. The Morgan fingerprint density at radius 3 is 1.98 bits per heavy atom. The van der Waals surface area contributed by atoms with Gasteiger partial charge >= 0.3 is 7.82 Å². The van der Waals surface area contributed by atoms with E-state index in [1.54, 1.807) is 18.2 Å². The largest absolute Gasteiger partial charge is 0.471 e. The van der Waals surface area contributed by atoms with Gasteiger partial charge < -0.3 is 9.79 Å². The van der Waals surface area contributed by atoms with Gasteiger partial charge in [0.15, 0.2) is 6.79 Å². The minimum atomic E-state index is -4.86. The van der Waals surface area contributed by atoms with Gasteiger partial charge in [0, 0.05) is 47.7 Å². The number of sulfonamides is 2. The summed E-state index contributed by atoms with van der Waals surface area (Å²) in [6.07, 6.45) is 1.85. The molecule has 14 nitrogen and oxygen atoms in total. The molecule has 2 fully saturated rings. The van der Waals surface area contributed by atoms with Gasteiger partial charge in [-0.15, -0.1) is 4.91 Å². The molecule has 3 aromatic rings. The molecule has 2 saturated heterocycles. The molecule has 0 spiro atoms. The number of nitrogens with one attached hydrogen (secondary N) is 1. The number of phosphoric ester groups is 1. The molecule has 4 unspecified atom stereocenters. The van der Waals surface area contributed by atoms with Gasteiger partial charge in [-0.3, -0.25) is 10.0 Å². The molecule has 4 atom stereocenters.